The number of fused-ring (bicyclic) bond motifs is 1. The van der Waals surface area contributed by atoms with Gasteiger partial charge in [0.1, 0.15) is 6.26 Å². The van der Waals surface area contributed by atoms with E-state index in [9.17, 15) is 4.79 Å². The van der Waals surface area contributed by atoms with Crippen molar-refractivity contribution >= 4 is 23.4 Å². The molecule has 0 saturated heterocycles. The summed E-state index contributed by atoms with van der Waals surface area (Å²) in [6.45, 7) is 2.86. The maximum atomic E-state index is 12.4. The summed E-state index contributed by atoms with van der Waals surface area (Å²) in [5.74, 6) is 0.00310. The predicted molar refractivity (Wildman–Crippen MR) is 72.1 cm³/mol. The number of benzene rings is 1. The third-order valence-electron chi connectivity index (χ3n) is 2.94. The molecule has 1 unspecified atom stereocenters. The van der Waals surface area contributed by atoms with Gasteiger partial charge in [-0.15, -0.1) is 11.8 Å². The summed E-state index contributed by atoms with van der Waals surface area (Å²) >= 11 is 1.81. The third-order valence-corrected chi connectivity index (χ3v) is 4.09. The molecule has 1 amide bonds. The summed E-state index contributed by atoms with van der Waals surface area (Å²) in [5.41, 5.74) is 1.59. The first-order valence-electron chi connectivity index (χ1n) is 5.85. The molecule has 4 heteroatoms. The Labute approximate surface area is 110 Å². The molecule has 0 radical (unpaired) electrons. The molecule has 0 bridgehead atoms. The summed E-state index contributed by atoms with van der Waals surface area (Å²) in [4.78, 5) is 15.4. The van der Waals surface area contributed by atoms with Gasteiger partial charge in [0.15, 0.2) is 0 Å². The third kappa shape index (κ3) is 1.93. The lowest BCUT2D eigenvalue weighted by atomic mass is 10.2. The van der Waals surface area contributed by atoms with Crippen molar-refractivity contribution in [2.75, 3.05) is 11.4 Å². The smallest absolute Gasteiger partial charge is 0.261 e. The molecular weight excluding hydrogens is 246 g/mol. The number of nitrogens with zero attached hydrogens (tertiary/aromatic N) is 1. The van der Waals surface area contributed by atoms with Crippen molar-refractivity contribution in [3.8, 4) is 0 Å². The minimum atomic E-state index is 0.00310. The minimum absolute atomic E-state index is 0.00310. The van der Waals surface area contributed by atoms with E-state index in [1.807, 2.05) is 34.9 Å². The van der Waals surface area contributed by atoms with E-state index in [-0.39, 0.29) is 5.91 Å². The normalized spacial score (nSPS) is 18.5. The van der Waals surface area contributed by atoms with Crippen LogP contribution >= 0.6 is 11.8 Å². The Morgan fingerprint density at radius 3 is 3.00 bits per heavy atom. The Hall–Kier alpha value is -1.68. The van der Waals surface area contributed by atoms with Gasteiger partial charge in [0.05, 0.1) is 17.5 Å². The van der Waals surface area contributed by atoms with E-state index >= 15 is 0 Å². The SMILES string of the molecule is CC1CN(C(=O)c2ccoc2)c2ccccc2S1. The van der Waals surface area contributed by atoms with Gasteiger partial charge in [0.2, 0.25) is 0 Å². The van der Waals surface area contributed by atoms with E-state index in [0.717, 1.165) is 17.1 Å². The molecule has 1 aliphatic heterocycles. The molecule has 2 aromatic rings. The number of amides is 1. The van der Waals surface area contributed by atoms with Gasteiger partial charge in [-0.25, -0.2) is 0 Å². The number of hydrogen-bond donors (Lipinski definition) is 0. The standard InChI is InChI=1S/C14H13NO2S/c1-10-8-15(14(16)11-6-7-17-9-11)12-4-2-3-5-13(12)18-10/h2-7,9-10H,8H2,1H3. The molecule has 0 fully saturated rings. The highest BCUT2D eigenvalue weighted by Gasteiger charge is 2.27. The monoisotopic (exact) mass is 259 g/mol. The van der Waals surface area contributed by atoms with Crippen LogP contribution in [0.4, 0.5) is 5.69 Å². The first-order chi connectivity index (χ1) is 8.75. The Balaban J connectivity index is 2.00. The van der Waals surface area contributed by atoms with Crippen LogP contribution in [0, 0.1) is 0 Å². The summed E-state index contributed by atoms with van der Waals surface area (Å²) < 4.78 is 4.99. The van der Waals surface area contributed by atoms with Crippen LogP contribution in [0.15, 0.2) is 52.2 Å². The summed E-state index contributed by atoms with van der Waals surface area (Å²) in [5, 5.41) is 0.399. The molecule has 1 aromatic carbocycles. The maximum Gasteiger partial charge on any atom is 0.261 e. The number of carbonyl (C=O) groups is 1. The minimum Gasteiger partial charge on any atom is -0.472 e. The van der Waals surface area contributed by atoms with E-state index < -0.39 is 0 Å². The van der Waals surface area contributed by atoms with Crippen molar-refractivity contribution < 1.29 is 9.21 Å². The van der Waals surface area contributed by atoms with Crippen molar-refractivity contribution in [3.63, 3.8) is 0 Å². The lowest BCUT2D eigenvalue weighted by molar-refractivity contribution is 0.0985. The largest absolute Gasteiger partial charge is 0.472 e. The fraction of sp³-hybridized carbons (Fsp3) is 0.214. The van der Waals surface area contributed by atoms with Crippen molar-refractivity contribution in [2.24, 2.45) is 0 Å². The zero-order valence-corrected chi connectivity index (χ0v) is 10.8. The second-order valence-corrected chi connectivity index (χ2v) is 5.80. The zero-order chi connectivity index (χ0) is 12.5. The van der Waals surface area contributed by atoms with E-state index in [4.69, 9.17) is 4.42 Å². The second kappa shape index (κ2) is 4.53. The number of hydrogen-bond acceptors (Lipinski definition) is 3. The van der Waals surface area contributed by atoms with Crippen molar-refractivity contribution in [2.45, 2.75) is 17.1 Å². The first kappa shape index (κ1) is 11.4. The molecule has 0 N–H and O–H groups in total. The highest BCUT2D eigenvalue weighted by molar-refractivity contribution is 8.00. The molecule has 1 atom stereocenters. The van der Waals surface area contributed by atoms with Crippen LogP contribution in [0.1, 0.15) is 17.3 Å². The van der Waals surface area contributed by atoms with Crippen LogP contribution < -0.4 is 4.90 Å². The summed E-state index contributed by atoms with van der Waals surface area (Å²) in [7, 11) is 0. The fourth-order valence-electron chi connectivity index (χ4n) is 2.12. The van der Waals surface area contributed by atoms with Gasteiger partial charge < -0.3 is 9.32 Å². The van der Waals surface area contributed by atoms with Crippen molar-refractivity contribution in [1.82, 2.24) is 0 Å². The van der Waals surface area contributed by atoms with Gasteiger partial charge in [0, 0.05) is 16.7 Å². The van der Waals surface area contributed by atoms with Gasteiger partial charge >= 0.3 is 0 Å². The van der Waals surface area contributed by atoms with Gasteiger partial charge in [-0.1, -0.05) is 19.1 Å². The van der Waals surface area contributed by atoms with E-state index in [0.29, 0.717) is 10.8 Å². The molecule has 1 aliphatic rings. The Morgan fingerprint density at radius 1 is 1.39 bits per heavy atom. The molecule has 3 nitrogen and oxygen atoms in total. The molecule has 3 rings (SSSR count). The van der Waals surface area contributed by atoms with Crippen LogP contribution in [0.2, 0.25) is 0 Å². The average Bonchev–Trinajstić information content (AvgIpc) is 2.90. The van der Waals surface area contributed by atoms with Crippen molar-refractivity contribution in [3.05, 3.63) is 48.4 Å². The number of carbonyl (C=O) groups excluding carboxylic acids is 1. The lowest BCUT2D eigenvalue weighted by Gasteiger charge is -2.32. The number of furan rings is 1. The van der Waals surface area contributed by atoms with E-state index in [1.54, 1.807) is 6.07 Å². The van der Waals surface area contributed by atoms with Gasteiger partial charge in [-0.3, -0.25) is 4.79 Å². The van der Waals surface area contributed by atoms with Crippen LogP contribution in [-0.2, 0) is 0 Å². The molecule has 0 spiro atoms. The fourth-order valence-corrected chi connectivity index (χ4v) is 3.24. The van der Waals surface area contributed by atoms with Crippen LogP contribution in [0.3, 0.4) is 0 Å². The number of rotatable bonds is 1. The second-order valence-electron chi connectivity index (χ2n) is 4.32. The number of para-hydroxylation sites is 1. The molecule has 0 aliphatic carbocycles. The molecule has 92 valence electrons. The van der Waals surface area contributed by atoms with Crippen molar-refractivity contribution in [1.29, 1.82) is 0 Å². The predicted octanol–water partition coefficient (Wildman–Crippen LogP) is 3.42. The highest BCUT2D eigenvalue weighted by Crippen LogP contribution is 2.38. The van der Waals surface area contributed by atoms with Crippen LogP contribution in [0.5, 0.6) is 0 Å². The molecule has 2 heterocycles. The van der Waals surface area contributed by atoms with Gasteiger partial charge in [0.25, 0.3) is 5.91 Å². The maximum absolute atomic E-state index is 12.4. The Morgan fingerprint density at radius 2 is 2.22 bits per heavy atom. The quantitative estimate of drug-likeness (QED) is 0.786. The van der Waals surface area contributed by atoms with Gasteiger partial charge in [-0.05, 0) is 18.2 Å². The average molecular weight is 259 g/mol. The van der Waals surface area contributed by atoms with Gasteiger partial charge in [-0.2, -0.15) is 0 Å². The molecule has 0 saturated carbocycles. The molecular formula is C14H13NO2S. The number of anilines is 1. The Kier molecular flexibility index (Phi) is 2.88. The van der Waals surface area contributed by atoms with Crippen LogP contribution in [-0.4, -0.2) is 17.7 Å². The topological polar surface area (TPSA) is 33.5 Å². The zero-order valence-electron chi connectivity index (χ0n) is 10.00. The highest BCUT2D eigenvalue weighted by atomic mass is 32.2. The van der Waals surface area contributed by atoms with E-state index in [1.165, 1.54) is 12.5 Å². The summed E-state index contributed by atoms with van der Waals surface area (Å²) in [6, 6.07) is 9.73. The summed E-state index contributed by atoms with van der Waals surface area (Å²) in [6.07, 6.45) is 3.03. The van der Waals surface area contributed by atoms with E-state index in [2.05, 4.69) is 13.0 Å². The first-order valence-corrected chi connectivity index (χ1v) is 6.73. The van der Waals surface area contributed by atoms with Crippen LogP contribution in [0.25, 0.3) is 0 Å². The number of thioether (sulfide) groups is 1. The Bertz CT molecular complexity index is 565. The molecule has 18 heavy (non-hydrogen) atoms. The lowest BCUT2D eigenvalue weighted by Crippen LogP contribution is -2.38. The molecule has 1 aromatic heterocycles.